The average molecular weight is 1330 g/mol. The number of benzene rings is 9. The van der Waals surface area contributed by atoms with Crippen LogP contribution in [0.5, 0.6) is 0 Å². The minimum absolute atomic E-state index is 0.0391. The molecule has 4 aromatic heterocycles. The van der Waals surface area contributed by atoms with Crippen molar-refractivity contribution in [3.8, 4) is 11.4 Å². The molecule has 0 amide bonds. The number of furan rings is 1. The molecule has 0 spiro atoms. The predicted octanol–water partition coefficient (Wildman–Crippen LogP) is 21.6. The smallest absolute Gasteiger partial charge is 0.264 e. The molecule has 6 heterocycles. The number of fused-ring (bicyclic) bond motifs is 9. The summed E-state index contributed by atoms with van der Waals surface area (Å²) < 4.78 is 9.51. The molecule has 2 aliphatic heterocycles. The van der Waals surface area contributed by atoms with E-state index in [0.29, 0.717) is 0 Å². The van der Waals surface area contributed by atoms with E-state index >= 15 is 0 Å². The lowest BCUT2D eigenvalue weighted by molar-refractivity contribution is 0.590. The summed E-state index contributed by atoms with van der Waals surface area (Å²) in [7, 11) is -3.28. The van der Waals surface area contributed by atoms with Gasteiger partial charge in [-0.25, -0.2) is 0 Å². The molecule has 9 heteroatoms. The second-order valence-corrected chi connectivity index (χ2v) is 39.8. The summed E-state index contributed by atoms with van der Waals surface area (Å²) in [6, 6.07) is 84.2. The molecule has 0 radical (unpaired) electrons. The van der Waals surface area contributed by atoms with Gasteiger partial charge in [0.1, 0.15) is 11.2 Å². The Morgan fingerprint density at radius 1 is 0.404 bits per heavy atom. The van der Waals surface area contributed by atoms with Gasteiger partial charge in [-0.1, -0.05) is 240 Å². The van der Waals surface area contributed by atoms with E-state index in [1.807, 2.05) is 41.9 Å². The molecule has 496 valence electrons. The minimum Gasteiger partial charge on any atom is -0.456 e. The van der Waals surface area contributed by atoms with Crippen LogP contribution in [0.1, 0.15) is 152 Å². The van der Waals surface area contributed by atoms with Crippen molar-refractivity contribution in [3.05, 3.63) is 259 Å². The van der Waals surface area contributed by atoms with Gasteiger partial charge < -0.3 is 19.1 Å². The number of hydrogen-bond donors (Lipinski definition) is 0. The maximum atomic E-state index is 6.93. The van der Waals surface area contributed by atoms with Crippen LogP contribution in [-0.4, -0.2) is 24.8 Å². The average Bonchev–Trinajstić information content (AvgIpc) is 1.67. The van der Waals surface area contributed by atoms with Crippen LogP contribution in [-0.2, 0) is 27.1 Å². The Kier molecular flexibility index (Phi) is 15.5. The Balaban J connectivity index is 1.11. The van der Waals surface area contributed by atoms with Gasteiger partial charge >= 0.3 is 0 Å². The Hall–Kier alpha value is -9.28. The molecule has 0 saturated carbocycles. The second-order valence-electron chi connectivity index (χ2n) is 34.0. The second kappa shape index (κ2) is 23.4. The predicted molar refractivity (Wildman–Crippen MR) is 430 cm³/mol. The summed E-state index contributed by atoms with van der Waals surface area (Å²) in [6.07, 6.45) is 3.86. The summed E-state index contributed by atoms with van der Waals surface area (Å²) in [4.78, 5) is 17.7. The molecule has 6 nitrogen and oxygen atoms in total. The number of hydrogen-bond acceptors (Lipinski definition) is 7. The highest BCUT2D eigenvalue weighted by atomic mass is 32.1. The number of nitrogens with zero attached hydrogens (tertiary/aromatic N) is 5. The van der Waals surface area contributed by atoms with E-state index in [2.05, 4.69) is 340 Å². The molecule has 0 unspecified atom stereocenters. The first-order valence-corrected chi connectivity index (χ1v) is 38.2. The van der Waals surface area contributed by atoms with E-state index in [0.717, 1.165) is 67.5 Å². The van der Waals surface area contributed by atoms with Crippen LogP contribution in [0.4, 0.5) is 51.2 Å². The standard InChI is InChI=1S/C90H92BN5OSSi/c1-85(2,3)57-29-38-62(39-30-57)94(65-43-49-73(93-56-65)72-25-21-22-51-92-72)64-42-48-71-75(53-64)95(63-40-31-58(32-41-63)86(4,5)6)76-54-68(99(90(16,17)18,66-44-33-59(34-45-66)87(7,8)9)67-46-35-60(36-47-67)88(10,11)12)55-77-82(76)91(71)84-83(70-52-61(89(13,14)15)37-50-80(70)98-84)96(77)74-26-23-28-79-81(74)69-24-19-20-27-78(69)97-79/h19-56H,1-18H3. The normalized spacial score (nSPS) is 13.7. The van der Waals surface area contributed by atoms with Crippen LogP contribution < -0.4 is 46.0 Å². The van der Waals surface area contributed by atoms with Crippen LogP contribution in [0.15, 0.2) is 235 Å². The summed E-state index contributed by atoms with van der Waals surface area (Å²) in [6.45, 7) is 42.3. The maximum Gasteiger partial charge on any atom is 0.264 e. The molecular formula is C90H92BN5OSSi. The van der Waals surface area contributed by atoms with Crippen molar-refractivity contribution in [3.63, 3.8) is 0 Å². The summed E-state index contributed by atoms with van der Waals surface area (Å²) >= 11 is 1.96. The van der Waals surface area contributed by atoms with Crippen molar-refractivity contribution < 1.29 is 4.42 Å². The van der Waals surface area contributed by atoms with Gasteiger partial charge in [-0.3, -0.25) is 9.97 Å². The van der Waals surface area contributed by atoms with Crippen molar-refractivity contribution in [2.24, 2.45) is 0 Å². The first-order chi connectivity index (χ1) is 46.9. The number of aromatic nitrogens is 2. The van der Waals surface area contributed by atoms with Crippen LogP contribution in [0, 0.1) is 0 Å². The zero-order valence-corrected chi connectivity index (χ0v) is 62.9. The molecule has 2 aliphatic rings. The third kappa shape index (κ3) is 11.1. The third-order valence-electron chi connectivity index (χ3n) is 21.2. The van der Waals surface area contributed by atoms with Crippen molar-refractivity contribution in [1.29, 1.82) is 0 Å². The zero-order valence-electron chi connectivity index (χ0n) is 61.1. The molecule has 0 bridgehead atoms. The highest BCUT2D eigenvalue weighted by molar-refractivity contribution is 7.33. The highest BCUT2D eigenvalue weighted by Gasteiger charge is 2.53. The van der Waals surface area contributed by atoms with Gasteiger partial charge in [-0.2, -0.15) is 0 Å². The fourth-order valence-corrected chi connectivity index (χ4v) is 22.8. The van der Waals surface area contributed by atoms with Crippen molar-refractivity contribution in [2.45, 2.75) is 157 Å². The number of para-hydroxylation sites is 1. The number of thiophene rings is 1. The molecule has 99 heavy (non-hydrogen) atoms. The van der Waals surface area contributed by atoms with Crippen LogP contribution in [0.2, 0.25) is 5.04 Å². The fourth-order valence-electron chi connectivity index (χ4n) is 15.9. The lowest BCUT2D eigenvalue weighted by atomic mass is 9.36. The Morgan fingerprint density at radius 3 is 1.49 bits per heavy atom. The van der Waals surface area contributed by atoms with E-state index in [4.69, 9.17) is 14.4 Å². The Labute approximate surface area is 592 Å². The molecule has 13 aromatic rings. The molecule has 0 fully saturated rings. The topological polar surface area (TPSA) is 48.6 Å². The Bertz CT molecular complexity index is 5190. The molecule has 0 aliphatic carbocycles. The molecule has 0 saturated heterocycles. The number of anilines is 9. The van der Waals surface area contributed by atoms with E-state index in [9.17, 15) is 0 Å². The van der Waals surface area contributed by atoms with Gasteiger partial charge in [0, 0.05) is 60.6 Å². The van der Waals surface area contributed by atoms with E-state index in [1.54, 1.807) is 0 Å². The third-order valence-corrected chi connectivity index (χ3v) is 28.3. The quantitative estimate of drug-likeness (QED) is 0.106. The van der Waals surface area contributed by atoms with Gasteiger partial charge in [0.2, 0.25) is 0 Å². The van der Waals surface area contributed by atoms with E-state index < -0.39 is 8.07 Å². The summed E-state index contributed by atoms with van der Waals surface area (Å²) in [5.41, 5.74) is 22.1. The lowest BCUT2D eigenvalue weighted by Crippen LogP contribution is -2.72. The van der Waals surface area contributed by atoms with Crippen LogP contribution >= 0.6 is 11.3 Å². The van der Waals surface area contributed by atoms with Crippen LogP contribution in [0.25, 0.3) is 43.4 Å². The van der Waals surface area contributed by atoms with Crippen molar-refractivity contribution in [2.75, 3.05) is 14.7 Å². The molecule has 15 rings (SSSR count). The van der Waals surface area contributed by atoms with Gasteiger partial charge in [-0.15, -0.1) is 11.3 Å². The van der Waals surface area contributed by atoms with E-state index in [1.165, 1.54) is 86.2 Å². The summed E-state index contributed by atoms with van der Waals surface area (Å²) in [5, 5.41) is 7.28. The Morgan fingerprint density at radius 2 is 0.929 bits per heavy atom. The fraction of sp³-hybridized carbons (Fsp3) is 0.267. The number of pyridine rings is 2. The molecule has 0 N–H and O–H groups in total. The minimum atomic E-state index is -3.28. The highest BCUT2D eigenvalue weighted by Crippen LogP contribution is 2.53. The molecule has 9 aromatic carbocycles. The largest absolute Gasteiger partial charge is 0.456 e. The van der Waals surface area contributed by atoms with Gasteiger partial charge in [0.15, 0.2) is 8.07 Å². The zero-order chi connectivity index (χ0) is 69.7. The lowest BCUT2D eigenvalue weighted by Gasteiger charge is -2.48. The first-order valence-electron chi connectivity index (χ1n) is 35.4. The monoisotopic (exact) mass is 1330 g/mol. The molecule has 0 atom stereocenters. The van der Waals surface area contributed by atoms with E-state index in [-0.39, 0.29) is 38.8 Å². The maximum absolute atomic E-state index is 6.93. The van der Waals surface area contributed by atoms with Crippen molar-refractivity contribution >= 4 is 141 Å². The van der Waals surface area contributed by atoms with Crippen LogP contribution in [0.3, 0.4) is 0 Å². The first kappa shape index (κ1) is 65.6. The van der Waals surface area contributed by atoms with Crippen molar-refractivity contribution in [1.82, 2.24) is 9.97 Å². The SMILES string of the molecule is CC(C)(C)c1ccc(N(c2ccc(-c3ccccn3)nc2)c2ccc3c(c2)N(c2ccc(C(C)(C)C)cc2)c2cc([Si](c4ccc(C(C)(C)C)cc4)(c4ccc(C(C)(C)C)cc4)C(C)(C)C)cc4c2B3c2sc3ccc(C(C)(C)C)cc3c2N4c2cccc3oc4ccccc4c23)cc1. The number of rotatable bonds is 9. The van der Waals surface area contributed by atoms with Gasteiger partial charge in [-0.05, 0) is 190 Å². The van der Waals surface area contributed by atoms with Gasteiger partial charge in [0.05, 0.1) is 40.0 Å². The molecular weight excluding hydrogens is 1240 g/mol. The van der Waals surface area contributed by atoms with Gasteiger partial charge in [0.25, 0.3) is 6.71 Å². The summed E-state index contributed by atoms with van der Waals surface area (Å²) in [5.74, 6) is 0.